The van der Waals surface area contributed by atoms with Gasteiger partial charge >= 0.3 is 0 Å². The molecule has 0 saturated carbocycles. The Morgan fingerprint density at radius 1 is 0.203 bits per heavy atom. The van der Waals surface area contributed by atoms with Gasteiger partial charge in [0.15, 0.2) is 5.82 Å². The minimum Gasteiger partial charge on any atom is -0.421 e. The van der Waals surface area contributed by atoms with Crippen LogP contribution in [0.3, 0.4) is 0 Å². The summed E-state index contributed by atoms with van der Waals surface area (Å²) >= 11 is 0. The van der Waals surface area contributed by atoms with Crippen molar-refractivity contribution in [1.82, 2.24) is 24.9 Å². The van der Waals surface area contributed by atoms with Crippen molar-refractivity contribution in [2.24, 2.45) is 0 Å². The Kier molecular flexibility index (Phi) is 13.3. The fraction of sp³-hybridized carbons (Fsp3) is 0. The van der Waals surface area contributed by atoms with Crippen molar-refractivity contribution in [3.8, 4) is 135 Å². The van der Waals surface area contributed by atoms with E-state index in [-0.39, 0.29) is 0 Å². The molecule has 0 N–H and O–H groups in total. The van der Waals surface area contributed by atoms with Gasteiger partial charge in [0, 0.05) is 53.0 Å². The van der Waals surface area contributed by atoms with Crippen molar-refractivity contribution in [2.45, 2.75) is 0 Å². The van der Waals surface area contributed by atoms with E-state index in [1.165, 1.54) is 5.56 Å². The first-order valence-electron chi connectivity index (χ1n) is 26.4. The maximum absolute atomic E-state index is 6.28. The SMILES string of the molecule is c1ccc(-c2ccc(-c3cccc(Oc4ccnc(-c5ccc(-c6ccccc6-c6cc(-c7ccccc7-c7ccc(-c8ccccn8)cc7)cc(-c7ccccc7-c7ccc(-c8ccccn8)cc7)c6)cc5)n4)n3)cc2)cc1. The zero-order chi connectivity index (χ0) is 52.7. The maximum atomic E-state index is 6.28. The van der Waals surface area contributed by atoms with Gasteiger partial charge in [-0.25, -0.2) is 9.97 Å². The van der Waals surface area contributed by atoms with Gasteiger partial charge < -0.3 is 4.74 Å². The van der Waals surface area contributed by atoms with Gasteiger partial charge in [-0.15, -0.1) is 0 Å². The molecule has 372 valence electrons. The van der Waals surface area contributed by atoms with Crippen LogP contribution in [0.2, 0.25) is 0 Å². The first-order valence-corrected chi connectivity index (χ1v) is 26.4. The summed E-state index contributed by atoms with van der Waals surface area (Å²) in [6.45, 7) is 0. The molecule has 0 aliphatic carbocycles. The van der Waals surface area contributed by atoms with Crippen LogP contribution in [-0.4, -0.2) is 24.9 Å². The molecule has 0 atom stereocenters. The highest BCUT2D eigenvalue weighted by molar-refractivity contribution is 5.94. The molecule has 0 spiro atoms. The van der Waals surface area contributed by atoms with Crippen LogP contribution < -0.4 is 4.74 Å². The van der Waals surface area contributed by atoms with E-state index in [2.05, 4.69) is 227 Å². The van der Waals surface area contributed by atoms with E-state index < -0.39 is 0 Å². The fourth-order valence-electron chi connectivity index (χ4n) is 10.3. The highest BCUT2D eigenvalue weighted by Gasteiger charge is 2.17. The highest BCUT2D eigenvalue weighted by atomic mass is 16.5. The number of hydrogen-bond donors (Lipinski definition) is 0. The Morgan fingerprint density at radius 3 is 1.01 bits per heavy atom. The highest BCUT2D eigenvalue weighted by Crippen LogP contribution is 2.43. The summed E-state index contributed by atoms with van der Waals surface area (Å²) in [6.07, 6.45) is 5.40. The average molecular weight is 1010 g/mol. The number of hydrogen-bond acceptors (Lipinski definition) is 6. The van der Waals surface area contributed by atoms with Crippen molar-refractivity contribution >= 4 is 0 Å². The lowest BCUT2D eigenvalue weighted by Crippen LogP contribution is -1.95. The molecule has 0 aliphatic heterocycles. The third-order valence-electron chi connectivity index (χ3n) is 14.3. The van der Waals surface area contributed by atoms with Gasteiger partial charge in [0.1, 0.15) is 0 Å². The fourth-order valence-corrected chi connectivity index (χ4v) is 10.3. The molecule has 0 saturated heterocycles. The summed E-state index contributed by atoms with van der Waals surface area (Å²) in [5.41, 5.74) is 22.5. The van der Waals surface area contributed by atoms with Gasteiger partial charge in [-0.1, -0.05) is 218 Å². The third-order valence-corrected chi connectivity index (χ3v) is 14.3. The normalized spacial score (nSPS) is 11.0. The summed E-state index contributed by atoms with van der Waals surface area (Å²) in [5.74, 6) is 1.41. The molecular weight excluding hydrogens is 963 g/mol. The molecule has 13 rings (SSSR count). The summed E-state index contributed by atoms with van der Waals surface area (Å²) in [7, 11) is 0. The van der Waals surface area contributed by atoms with E-state index >= 15 is 0 Å². The topological polar surface area (TPSA) is 73.7 Å². The average Bonchev–Trinajstić information content (AvgIpc) is 3.61. The molecule has 79 heavy (non-hydrogen) atoms. The molecule has 0 aliphatic rings. The van der Waals surface area contributed by atoms with E-state index in [9.17, 15) is 0 Å². The molecule has 6 nitrogen and oxygen atoms in total. The Morgan fingerprint density at radius 2 is 0.557 bits per heavy atom. The number of nitrogens with zero attached hydrogens (tertiary/aromatic N) is 5. The van der Waals surface area contributed by atoms with E-state index in [1.807, 2.05) is 73.1 Å². The molecule has 0 radical (unpaired) electrons. The number of pyridine rings is 3. The lowest BCUT2D eigenvalue weighted by molar-refractivity contribution is 0.445. The molecule has 6 heteroatoms. The van der Waals surface area contributed by atoms with Gasteiger partial charge in [-0.3, -0.25) is 9.97 Å². The molecule has 4 heterocycles. The van der Waals surface area contributed by atoms with E-state index in [4.69, 9.17) is 14.7 Å². The molecule has 0 unspecified atom stereocenters. The molecule has 13 aromatic rings. The first-order chi connectivity index (χ1) is 39.1. The van der Waals surface area contributed by atoms with Crippen molar-refractivity contribution in [1.29, 1.82) is 0 Å². The quantitative estimate of drug-likeness (QED) is 0.115. The predicted molar refractivity (Wildman–Crippen MR) is 322 cm³/mol. The van der Waals surface area contributed by atoms with Gasteiger partial charge in [0.05, 0.1) is 17.1 Å². The van der Waals surface area contributed by atoms with E-state index in [0.717, 1.165) is 112 Å². The summed E-state index contributed by atoms with van der Waals surface area (Å²) < 4.78 is 6.28. The second-order valence-electron chi connectivity index (χ2n) is 19.2. The van der Waals surface area contributed by atoms with Crippen LogP contribution in [0, 0.1) is 0 Å². The van der Waals surface area contributed by atoms with E-state index in [1.54, 1.807) is 12.3 Å². The summed E-state index contributed by atoms with van der Waals surface area (Å²) in [4.78, 5) is 23.6. The van der Waals surface area contributed by atoms with Crippen LogP contribution in [0.1, 0.15) is 0 Å². The standard InChI is InChI=1S/C73H49N5O/c1-2-15-50(16-3-1)51-27-35-57(36-28-51)70-25-14-26-71(77-70)79-72-43-46-76-73(78-72)58-41-33-54(34-42-58)64-19-6-9-22-67(64)61-48-59(65-20-7-4-17-62(65)52-29-37-55(38-30-52)68-23-10-12-44-74-68)47-60(49-61)66-21-8-5-18-63(66)53-31-39-56(40-32-53)69-24-11-13-45-75-69/h1-49H. The number of aromatic nitrogens is 5. The Bertz CT molecular complexity index is 4080. The number of rotatable bonds is 13. The molecule has 0 bridgehead atoms. The second kappa shape index (κ2) is 21.9. The summed E-state index contributed by atoms with van der Waals surface area (Å²) in [6, 6.07) is 97.4. The molecular formula is C73H49N5O. The number of ether oxygens (including phenoxy) is 1. The monoisotopic (exact) mass is 1010 g/mol. The van der Waals surface area contributed by atoms with Crippen LogP contribution >= 0.6 is 0 Å². The van der Waals surface area contributed by atoms with Crippen LogP contribution in [0.15, 0.2) is 298 Å². The Hall–Kier alpha value is -10.7. The third kappa shape index (κ3) is 10.4. The molecule has 9 aromatic carbocycles. The minimum atomic E-state index is 0.408. The zero-order valence-corrected chi connectivity index (χ0v) is 42.9. The Balaban J connectivity index is 0.837. The second-order valence-corrected chi connectivity index (χ2v) is 19.2. The van der Waals surface area contributed by atoms with Gasteiger partial charge in [-0.05, 0) is 126 Å². The van der Waals surface area contributed by atoms with Crippen molar-refractivity contribution in [3.05, 3.63) is 298 Å². The Labute approximate surface area is 459 Å². The summed E-state index contributed by atoms with van der Waals surface area (Å²) in [5, 5.41) is 0. The molecule has 0 amide bonds. The van der Waals surface area contributed by atoms with Crippen LogP contribution in [0.25, 0.3) is 123 Å². The largest absolute Gasteiger partial charge is 0.421 e. The molecule has 4 aromatic heterocycles. The minimum absolute atomic E-state index is 0.408. The van der Waals surface area contributed by atoms with Crippen molar-refractivity contribution in [3.63, 3.8) is 0 Å². The maximum Gasteiger partial charge on any atom is 0.224 e. The zero-order valence-electron chi connectivity index (χ0n) is 42.9. The predicted octanol–water partition coefficient (Wildman–Crippen LogP) is 18.8. The first kappa shape index (κ1) is 48.0. The lowest BCUT2D eigenvalue weighted by atomic mass is 9.86. The van der Waals surface area contributed by atoms with Crippen molar-refractivity contribution < 1.29 is 4.74 Å². The van der Waals surface area contributed by atoms with Gasteiger partial charge in [0.25, 0.3) is 0 Å². The molecule has 0 fully saturated rings. The van der Waals surface area contributed by atoms with Crippen LogP contribution in [0.4, 0.5) is 0 Å². The smallest absolute Gasteiger partial charge is 0.224 e. The van der Waals surface area contributed by atoms with Gasteiger partial charge in [0.2, 0.25) is 11.8 Å². The van der Waals surface area contributed by atoms with E-state index in [0.29, 0.717) is 17.6 Å². The van der Waals surface area contributed by atoms with Crippen LogP contribution in [-0.2, 0) is 0 Å². The number of benzene rings is 9. The van der Waals surface area contributed by atoms with Crippen LogP contribution in [0.5, 0.6) is 11.8 Å². The lowest BCUT2D eigenvalue weighted by Gasteiger charge is -2.18. The van der Waals surface area contributed by atoms with Crippen molar-refractivity contribution in [2.75, 3.05) is 0 Å². The van der Waals surface area contributed by atoms with Gasteiger partial charge in [-0.2, -0.15) is 4.98 Å².